The average molecular weight is 787 g/mol. The van der Waals surface area contributed by atoms with Crippen LogP contribution < -0.4 is 10.4 Å². The minimum Gasteiger partial charge on any atom is -0.394 e. The summed E-state index contributed by atoms with van der Waals surface area (Å²) in [7, 11) is 3.86. The summed E-state index contributed by atoms with van der Waals surface area (Å²) in [6, 6.07) is 7.94. The van der Waals surface area contributed by atoms with Gasteiger partial charge in [-0.15, -0.1) is 0 Å². The molecule has 1 rings (SSSR count). The Morgan fingerprint density at radius 2 is 1.16 bits per heavy atom. The molecule has 0 spiro atoms. The second-order valence-electron chi connectivity index (χ2n) is 12.7. The number of hydrogen-bond donors (Lipinski definition) is 0. The minimum atomic E-state index is -2.87. The number of rotatable bonds is 29. The first-order chi connectivity index (χ1) is 23.4. The van der Waals surface area contributed by atoms with Crippen LogP contribution in [0.5, 0.6) is 0 Å². The molecular weight excluding hydrogens is 717 g/mol. The second-order valence-corrected chi connectivity index (χ2v) is 26.1. The Morgan fingerprint density at radius 1 is 0.714 bits per heavy atom. The molecular formula is C34H70N2O7Si6. The second kappa shape index (κ2) is 26.0. The van der Waals surface area contributed by atoms with Crippen LogP contribution in [-0.2, 0) is 37.4 Å². The molecule has 15 heteroatoms. The van der Waals surface area contributed by atoms with Gasteiger partial charge in [-0.05, 0) is 91.8 Å². The lowest BCUT2D eigenvalue weighted by Crippen LogP contribution is -2.51. The van der Waals surface area contributed by atoms with Gasteiger partial charge in [0.2, 0.25) is 0 Å². The predicted molar refractivity (Wildman–Crippen MR) is 216 cm³/mol. The molecule has 0 amide bonds. The van der Waals surface area contributed by atoms with E-state index in [0.717, 1.165) is 86.4 Å². The van der Waals surface area contributed by atoms with E-state index in [0.29, 0.717) is 5.79 Å². The van der Waals surface area contributed by atoms with Crippen molar-refractivity contribution in [1.82, 2.24) is 9.80 Å². The molecule has 0 heterocycles. The van der Waals surface area contributed by atoms with Crippen molar-refractivity contribution < 1.29 is 31.0 Å². The van der Waals surface area contributed by atoms with Gasteiger partial charge >= 0.3 is 27.4 Å². The van der Waals surface area contributed by atoms with Crippen molar-refractivity contribution in [3.63, 3.8) is 0 Å². The van der Waals surface area contributed by atoms with Crippen LogP contribution in [0.15, 0.2) is 12.1 Å². The molecule has 282 valence electrons. The summed E-state index contributed by atoms with van der Waals surface area (Å²) in [6.45, 7) is 25.1. The maximum atomic E-state index is 5.99. The van der Waals surface area contributed by atoms with Gasteiger partial charge in [-0.3, -0.25) is 9.80 Å². The zero-order chi connectivity index (χ0) is 37.0. The van der Waals surface area contributed by atoms with Crippen LogP contribution >= 0.6 is 0 Å². The van der Waals surface area contributed by atoms with Crippen LogP contribution in [0.25, 0.3) is 0 Å². The van der Waals surface area contributed by atoms with Crippen molar-refractivity contribution >= 4 is 64.9 Å². The third-order valence-electron chi connectivity index (χ3n) is 8.78. The van der Waals surface area contributed by atoms with Crippen LogP contribution in [-0.4, -0.2) is 145 Å². The molecule has 0 aliphatic carbocycles. The van der Waals surface area contributed by atoms with E-state index >= 15 is 0 Å². The highest BCUT2D eigenvalue weighted by atomic mass is 28.4. The van der Waals surface area contributed by atoms with Gasteiger partial charge in [0.25, 0.3) is 0 Å². The van der Waals surface area contributed by atoms with E-state index in [-0.39, 0.29) is 5.54 Å². The lowest BCUT2D eigenvalue weighted by molar-refractivity contribution is 0.114. The molecule has 6 radical (unpaired) electrons. The molecule has 0 aromatic heterocycles. The highest BCUT2D eigenvalue weighted by molar-refractivity contribution is 6.76. The van der Waals surface area contributed by atoms with Gasteiger partial charge < -0.3 is 31.0 Å². The summed E-state index contributed by atoms with van der Waals surface area (Å²) in [5.74, 6) is 0.371. The Kier molecular flexibility index (Phi) is 25.1. The first-order valence-electron chi connectivity index (χ1n) is 18.2. The lowest BCUT2D eigenvalue weighted by Gasteiger charge is -2.36. The molecule has 0 aliphatic rings. The SMILES string of the molecule is CCO[Si](CCCN(C)C([Si]CCc1c([Si](C)C)ccc(C(C)[Si](OC)(OC)OC)c1[Si](C)C)N(C)CCC[Si](OCC)OCC)OCC. The molecule has 0 aliphatic heterocycles. The van der Waals surface area contributed by atoms with E-state index < -0.39 is 45.0 Å². The molecule has 0 fully saturated rings. The molecule has 1 aromatic carbocycles. The van der Waals surface area contributed by atoms with Gasteiger partial charge in [-0.25, -0.2) is 0 Å². The first kappa shape index (κ1) is 47.2. The normalized spacial score (nSPS) is 13.5. The van der Waals surface area contributed by atoms with Gasteiger partial charge in [-0.2, -0.15) is 0 Å². The maximum Gasteiger partial charge on any atom is 0.507 e. The highest BCUT2D eigenvalue weighted by Gasteiger charge is 2.46. The van der Waals surface area contributed by atoms with Gasteiger partial charge in [0.05, 0.1) is 32.7 Å². The fraction of sp³-hybridized carbons (Fsp3) is 0.824. The summed E-state index contributed by atoms with van der Waals surface area (Å²) in [5.41, 5.74) is 3.01. The topological polar surface area (TPSA) is 71.1 Å². The Bertz CT molecular complexity index is 964. The van der Waals surface area contributed by atoms with Crippen molar-refractivity contribution in [3.05, 3.63) is 23.3 Å². The summed E-state index contributed by atoms with van der Waals surface area (Å²) in [5, 5.41) is 3.14. The lowest BCUT2D eigenvalue weighted by atomic mass is 10.1. The smallest absolute Gasteiger partial charge is 0.394 e. The summed E-state index contributed by atoms with van der Waals surface area (Å²) in [4.78, 5) is 5.15. The van der Waals surface area contributed by atoms with Gasteiger partial charge in [0, 0.05) is 53.5 Å². The zero-order valence-electron chi connectivity index (χ0n) is 33.5. The molecule has 0 saturated carbocycles. The van der Waals surface area contributed by atoms with Crippen molar-refractivity contribution in [3.8, 4) is 0 Å². The zero-order valence-corrected chi connectivity index (χ0v) is 39.5. The Morgan fingerprint density at radius 3 is 1.53 bits per heavy atom. The summed E-state index contributed by atoms with van der Waals surface area (Å²) >= 11 is 0. The average Bonchev–Trinajstić information content (AvgIpc) is 3.07. The molecule has 0 bridgehead atoms. The minimum absolute atomic E-state index is 0.0617. The van der Waals surface area contributed by atoms with Crippen LogP contribution in [0.4, 0.5) is 0 Å². The van der Waals surface area contributed by atoms with Crippen LogP contribution in [0.1, 0.15) is 64.1 Å². The summed E-state index contributed by atoms with van der Waals surface area (Å²) < 4.78 is 41.8. The van der Waals surface area contributed by atoms with Crippen LogP contribution in [0.3, 0.4) is 0 Å². The van der Waals surface area contributed by atoms with E-state index in [1.165, 1.54) is 5.56 Å². The fourth-order valence-corrected chi connectivity index (χ4v) is 16.4. The Hall–Kier alpha value is 0.161. The molecule has 0 saturated heterocycles. The van der Waals surface area contributed by atoms with Crippen LogP contribution in [0, 0.1) is 0 Å². The molecule has 1 aromatic rings. The number of benzene rings is 1. The largest absolute Gasteiger partial charge is 0.507 e. The molecule has 49 heavy (non-hydrogen) atoms. The van der Waals surface area contributed by atoms with E-state index in [4.69, 9.17) is 31.0 Å². The Balaban J connectivity index is 3.32. The van der Waals surface area contributed by atoms with E-state index in [1.54, 1.807) is 37.3 Å². The van der Waals surface area contributed by atoms with Gasteiger partial charge in [0.1, 0.15) is 0 Å². The van der Waals surface area contributed by atoms with Gasteiger partial charge in [0.15, 0.2) is 0 Å². The molecule has 9 nitrogen and oxygen atoms in total. The van der Waals surface area contributed by atoms with Crippen molar-refractivity contribution in [2.45, 2.75) is 110 Å². The first-order valence-corrected chi connectivity index (χ1v) is 29.3. The standard InChI is InChI=1S/C34H70N2O7Si6/c1-15-40-47(41-16-2)27-19-24-35(6)34(36(7)25-20-28-48(42-17-3)43-18-4)44-26-23-31-32(45(11)12)22-21-30(33(31)46(13)14)29(5)49(37-8,38-9)39-10/h21-22,29,34H,15-20,23-28H2,1-14H3. The monoisotopic (exact) mass is 786 g/mol. The molecule has 0 N–H and O–H groups in total. The van der Waals surface area contributed by atoms with Crippen molar-refractivity contribution in [2.24, 2.45) is 0 Å². The number of nitrogens with zero attached hydrogens (tertiary/aromatic N) is 2. The van der Waals surface area contributed by atoms with E-state index in [1.807, 2.05) is 0 Å². The van der Waals surface area contributed by atoms with Gasteiger partial charge in [-0.1, -0.05) is 67.2 Å². The molecule has 1 atom stereocenters. The predicted octanol–water partition coefficient (Wildman–Crippen LogP) is 4.85. The van der Waals surface area contributed by atoms with Crippen LogP contribution in [0.2, 0.25) is 44.3 Å². The van der Waals surface area contributed by atoms with Crippen molar-refractivity contribution in [1.29, 1.82) is 0 Å². The third-order valence-corrected chi connectivity index (χ3v) is 20.7. The summed E-state index contributed by atoms with van der Waals surface area (Å²) in [6.07, 6.45) is 3.25. The Labute approximate surface area is 312 Å². The highest BCUT2D eigenvalue weighted by Crippen LogP contribution is 2.28. The third kappa shape index (κ3) is 15.2. The quantitative estimate of drug-likeness (QED) is 0.0839. The molecule has 1 unspecified atom stereocenters. The maximum absolute atomic E-state index is 5.99. The van der Waals surface area contributed by atoms with E-state index in [2.05, 4.69) is 96.8 Å². The fourth-order valence-electron chi connectivity index (χ4n) is 6.50. The number of hydrogen-bond acceptors (Lipinski definition) is 9. The van der Waals surface area contributed by atoms with E-state index in [9.17, 15) is 0 Å². The van der Waals surface area contributed by atoms with Crippen molar-refractivity contribution in [2.75, 3.05) is 74.9 Å².